The summed E-state index contributed by atoms with van der Waals surface area (Å²) in [7, 11) is -2.61. The molecular weight excluding hydrogens is 598 g/mol. The van der Waals surface area contributed by atoms with E-state index in [-0.39, 0.29) is 55.8 Å². The maximum absolute atomic E-state index is 12.9. The lowest BCUT2D eigenvalue weighted by molar-refractivity contribution is -0.274. The van der Waals surface area contributed by atoms with Crippen molar-refractivity contribution in [2.75, 3.05) is 30.9 Å². The molecule has 2 heterocycles. The highest BCUT2D eigenvalue weighted by molar-refractivity contribution is 7.90. The molecular formula is C25H26F6N4O6S. The van der Waals surface area contributed by atoms with Crippen LogP contribution in [0.1, 0.15) is 39.5 Å². The van der Waals surface area contributed by atoms with Crippen LogP contribution in [-0.2, 0) is 33.9 Å². The molecule has 10 nitrogen and oxygen atoms in total. The molecule has 0 bridgehead atoms. The fourth-order valence-corrected chi connectivity index (χ4v) is 4.61. The Morgan fingerprint density at radius 3 is 2.29 bits per heavy atom. The van der Waals surface area contributed by atoms with Crippen LogP contribution in [0.3, 0.4) is 0 Å². The van der Waals surface area contributed by atoms with Crippen molar-refractivity contribution in [1.29, 1.82) is 0 Å². The molecule has 0 spiro atoms. The van der Waals surface area contributed by atoms with Gasteiger partial charge < -0.3 is 18.8 Å². The Labute approximate surface area is 236 Å². The van der Waals surface area contributed by atoms with Gasteiger partial charge in [0.05, 0.1) is 5.75 Å². The lowest BCUT2D eigenvalue weighted by Gasteiger charge is -2.21. The number of ether oxygens (including phenoxy) is 2. The van der Waals surface area contributed by atoms with Gasteiger partial charge in [-0.25, -0.2) is 13.1 Å². The molecule has 0 aliphatic rings. The number of alkyl halides is 6. The molecule has 1 aromatic carbocycles. The average molecular weight is 625 g/mol. The Hall–Kier alpha value is -3.86. The predicted octanol–water partition coefficient (Wildman–Crippen LogP) is 4.64. The Kier molecular flexibility index (Phi) is 10.4. The number of benzene rings is 1. The molecule has 0 saturated heterocycles. The number of nitrogens with zero attached hydrogens (tertiary/aromatic N) is 3. The van der Waals surface area contributed by atoms with Gasteiger partial charge in [-0.15, -0.1) is 13.2 Å². The smallest absolute Gasteiger partial charge is 0.428 e. The number of hydrogen-bond acceptors (Lipinski definition) is 9. The SMILES string of the molecule is COCCCS(=O)(=O)NC(=O)c1nc(N(CCc2ccc(OC(F)(F)F)cc2)Cc2ccc(C(F)(F)F)nc2)oc1C. The predicted molar refractivity (Wildman–Crippen MR) is 136 cm³/mol. The van der Waals surface area contributed by atoms with Gasteiger partial charge in [0.15, 0.2) is 5.69 Å². The largest absolute Gasteiger partial charge is 0.573 e. The number of oxazole rings is 1. The third-order valence-electron chi connectivity index (χ3n) is 5.60. The van der Waals surface area contributed by atoms with Gasteiger partial charge in [0.1, 0.15) is 17.2 Å². The molecule has 3 rings (SSSR count). The fraction of sp³-hybridized carbons (Fsp3) is 0.400. The number of carbonyl (C=O) groups is 1. The van der Waals surface area contributed by atoms with Crippen molar-refractivity contribution in [1.82, 2.24) is 14.7 Å². The van der Waals surface area contributed by atoms with E-state index in [2.05, 4.69) is 14.7 Å². The normalized spacial score (nSPS) is 12.3. The zero-order chi connectivity index (χ0) is 31.1. The Morgan fingerprint density at radius 1 is 1.05 bits per heavy atom. The average Bonchev–Trinajstić information content (AvgIpc) is 3.27. The molecule has 1 amide bonds. The maximum atomic E-state index is 12.9. The lowest BCUT2D eigenvalue weighted by Crippen LogP contribution is -2.33. The monoisotopic (exact) mass is 624 g/mol. The van der Waals surface area contributed by atoms with Crippen molar-refractivity contribution in [3.05, 3.63) is 70.9 Å². The zero-order valence-electron chi connectivity index (χ0n) is 22.3. The number of rotatable bonds is 13. The van der Waals surface area contributed by atoms with E-state index in [0.717, 1.165) is 24.4 Å². The number of aryl methyl sites for hydroxylation is 1. The summed E-state index contributed by atoms with van der Waals surface area (Å²) >= 11 is 0. The standard InChI is InChI=1S/C25H26F6N4O6S/c1-16-21(22(36)34-42(37,38)13-3-12-39-2)33-23(40-16)35(15-18-6-9-20(32-14-18)24(26,27)28)11-10-17-4-7-19(8-5-17)41-25(29,30)31/h4-9,14H,3,10-13,15H2,1-2H3,(H,34,36). The molecule has 42 heavy (non-hydrogen) atoms. The number of halogens is 6. The van der Waals surface area contributed by atoms with Crippen LogP contribution in [0.15, 0.2) is 47.0 Å². The summed E-state index contributed by atoms with van der Waals surface area (Å²) in [5, 5.41) is 0. The Morgan fingerprint density at radius 2 is 1.71 bits per heavy atom. The third kappa shape index (κ3) is 9.90. The quantitative estimate of drug-likeness (QED) is 0.214. The van der Waals surface area contributed by atoms with Gasteiger partial charge >= 0.3 is 12.5 Å². The Balaban J connectivity index is 1.82. The second kappa shape index (κ2) is 13.4. The molecule has 3 aromatic rings. The molecule has 0 atom stereocenters. The number of amides is 1. The second-order valence-electron chi connectivity index (χ2n) is 8.91. The van der Waals surface area contributed by atoms with Crippen LogP contribution < -0.4 is 14.4 Å². The number of hydrogen-bond donors (Lipinski definition) is 1. The highest BCUT2D eigenvalue weighted by Gasteiger charge is 2.32. The van der Waals surface area contributed by atoms with Crippen LogP contribution in [0.5, 0.6) is 5.75 Å². The number of nitrogens with one attached hydrogen (secondary N) is 1. The highest BCUT2D eigenvalue weighted by atomic mass is 32.2. The molecule has 0 unspecified atom stereocenters. The number of carbonyl (C=O) groups excluding carboxylic acids is 1. The molecule has 1 N–H and O–H groups in total. The van der Waals surface area contributed by atoms with E-state index < -0.39 is 39.9 Å². The minimum absolute atomic E-state index is 0.0289. The van der Waals surface area contributed by atoms with Crippen molar-refractivity contribution >= 4 is 21.9 Å². The van der Waals surface area contributed by atoms with Gasteiger partial charge in [-0.1, -0.05) is 18.2 Å². The first-order valence-electron chi connectivity index (χ1n) is 12.2. The minimum atomic E-state index is -4.86. The Bertz CT molecular complexity index is 1440. The van der Waals surface area contributed by atoms with Crippen LogP contribution in [0.25, 0.3) is 0 Å². The first-order chi connectivity index (χ1) is 19.6. The van der Waals surface area contributed by atoms with Gasteiger partial charge in [-0.3, -0.25) is 9.78 Å². The highest BCUT2D eigenvalue weighted by Crippen LogP contribution is 2.28. The zero-order valence-corrected chi connectivity index (χ0v) is 23.1. The number of sulfonamides is 1. The maximum Gasteiger partial charge on any atom is 0.573 e. The van der Waals surface area contributed by atoms with E-state index in [1.807, 2.05) is 4.72 Å². The molecule has 0 saturated carbocycles. The molecule has 0 fully saturated rings. The second-order valence-corrected chi connectivity index (χ2v) is 10.8. The van der Waals surface area contributed by atoms with E-state index in [4.69, 9.17) is 9.15 Å². The summed E-state index contributed by atoms with van der Waals surface area (Å²) in [6, 6.07) is 6.88. The summed E-state index contributed by atoms with van der Waals surface area (Å²) in [6.45, 7) is 1.53. The number of methoxy groups -OCH3 is 1. The number of pyridine rings is 1. The first kappa shape index (κ1) is 32.7. The van der Waals surface area contributed by atoms with Crippen LogP contribution in [0.2, 0.25) is 0 Å². The van der Waals surface area contributed by atoms with E-state index in [1.54, 1.807) is 0 Å². The van der Waals surface area contributed by atoms with E-state index in [0.29, 0.717) is 11.1 Å². The van der Waals surface area contributed by atoms with Crippen LogP contribution >= 0.6 is 0 Å². The fourth-order valence-electron chi connectivity index (χ4n) is 3.63. The number of anilines is 1. The summed E-state index contributed by atoms with van der Waals surface area (Å²) in [5.74, 6) is -1.87. The third-order valence-corrected chi connectivity index (χ3v) is 6.92. The van der Waals surface area contributed by atoms with E-state index in [1.165, 1.54) is 37.1 Å². The summed E-state index contributed by atoms with van der Waals surface area (Å²) in [5.41, 5.74) is -0.538. The number of aromatic nitrogens is 2. The molecule has 0 radical (unpaired) electrons. The minimum Gasteiger partial charge on any atom is -0.428 e. The summed E-state index contributed by atoms with van der Waals surface area (Å²) < 4.78 is 117. The van der Waals surface area contributed by atoms with Crippen molar-refractivity contribution in [3.8, 4) is 5.75 Å². The summed E-state index contributed by atoms with van der Waals surface area (Å²) in [6.07, 6.45) is -8.15. The van der Waals surface area contributed by atoms with Crippen molar-refractivity contribution in [3.63, 3.8) is 0 Å². The molecule has 0 aliphatic carbocycles. The van der Waals surface area contributed by atoms with Crippen molar-refractivity contribution < 1.29 is 53.4 Å². The molecule has 0 aliphatic heterocycles. The van der Waals surface area contributed by atoms with Gasteiger partial charge in [0.25, 0.3) is 11.9 Å². The van der Waals surface area contributed by atoms with E-state index in [9.17, 15) is 39.6 Å². The molecule has 17 heteroatoms. The van der Waals surface area contributed by atoms with Gasteiger partial charge in [-0.05, 0) is 49.1 Å². The summed E-state index contributed by atoms with van der Waals surface area (Å²) in [4.78, 5) is 21.7. The van der Waals surface area contributed by atoms with Gasteiger partial charge in [0, 0.05) is 33.0 Å². The molecule has 230 valence electrons. The lowest BCUT2D eigenvalue weighted by atomic mass is 10.1. The topological polar surface area (TPSA) is 124 Å². The van der Waals surface area contributed by atoms with Gasteiger partial charge in [-0.2, -0.15) is 18.2 Å². The molecule has 2 aromatic heterocycles. The van der Waals surface area contributed by atoms with Crippen LogP contribution in [-0.4, -0.2) is 56.7 Å². The first-order valence-corrected chi connectivity index (χ1v) is 13.8. The van der Waals surface area contributed by atoms with Crippen molar-refractivity contribution in [2.45, 2.75) is 38.8 Å². The van der Waals surface area contributed by atoms with Crippen LogP contribution in [0, 0.1) is 6.92 Å². The van der Waals surface area contributed by atoms with Gasteiger partial charge in [0.2, 0.25) is 10.0 Å². The van der Waals surface area contributed by atoms with Crippen molar-refractivity contribution in [2.24, 2.45) is 0 Å². The van der Waals surface area contributed by atoms with E-state index >= 15 is 0 Å². The van der Waals surface area contributed by atoms with Crippen LogP contribution in [0.4, 0.5) is 32.4 Å².